The summed E-state index contributed by atoms with van der Waals surface area (Å²) in [4.78, 5) is 14.5. The van der Waals surface area contributed by atoms with Crippen molar-refractivity contribution in [2.75, 3.05) is 33.3 Å². The van der Waals surface area contributed by atoms with Crippen LogP contribution < -0.4 is 10.6 Å². The molecule has 0 aromatic rings. The van der Waals surface area contributed by atoms with Gasteiger partial charge in [0.25, 0.3) is 0 Å². The Bertz CT molecular complexity index is 309. The molecule has 2 aliphatic rings. The first-order chi connectivity index (χ1) is 9.10. The van der Waals surface area contributed by atoms with E-state index in [0.717, 1.165) is 32.6 Å². The summed E-state index contributed by atoms with van der Waals surface area (Å²) in [5, 5.41) is 6.30. The van der Waals surface area contributed by atoms with Gasteiger partial charge in [0.15, 0.2) is 0 Å². The van der Waals surface area contributed by atoms with Crippen LogP contribution >= 0.6 is 0 Å². The lowest BCUT2D eigenvalue weighted by molar-refractivity contribution is -0.123. The summed E-state index contributed by atoms with van der Waals surface area (Å²) in [5.41, 5.74) is 0. The van der Waals surface area contributed by atoms with E-state index in [-0.39, 0.29) is 18.1 Å². The van der Waals surface area contributed by atoms with Crippen LogP contribution in [0.25, 0.3) is 0 Å². The largest absolute Gasteiger partial charge is 0.380 e. The van der Waals surface area contributed by atoms with Gasteiger partial charge in [-0.3, -0.25) is 4.79 Å². The monoisotopic (exact) mass is 269 g/mol. The second-order valence-corrected chi connectivity index (χ2v) is 6.04. The van der Waals surface area contributed by atoms with Crippen molar-refractivity contribution in [3.05, 3.63) is 0 Å². The molecular formula is C14H27N3O2. The number of likely N-dealkylation sites (tertiary alicyclic amines) is 1. The Kier molecular flexibility index (Phi) is 5.19. The molecule has 3 unspecified atom stereocenters. The number of nitrogens with zero attached hydrogens (tertiary/aromatic N) is 1. The highest BCUT2D eigenvalue weighted by molar-refractivity contribution is 5.82. The topological polar surface area (TPSA) is 53.6 Å². The third kappa shape index (κ3) is 3.91. The van der Waals surface area contributed by atoms with E-state index in [1.54, 1.807) is 7.11 Å². The Morgan fingerprint density at radius 1 is 1.53 bits per heavy atom. The highest BCUT2D eigenvalue weighted by Gasteiger charge is 2.30. The Balaban J connectivity index is 1.67. The molecule has 5 heteroatoms. The van der Waals surface area contributed by atoms with Crippen LogP contribution in [0.15, 0.2) is 0 Å². The molecule has 110 valence electrons. The Morgan fingerprint density at radius 2 is 2.32 bits per heavy atom. The maximum absolute atomic E-state index is 12.0. The molecule has 0 aliphatic carbocycles. The van der Waals surface area contributed by atoms with Gasteiger partial charge in [0, 0.05) is 32.8 Å². The van der Waals surface area contributed by atoms with Crippen LogP contribution in [0.4, 0.5) is 0 Å². The van der Waals surface area contributed by atoms with E-state index >= 15 is 0 Å². The van der Waals surface area contributed by atoms with Gasteiger partial charge in [-0.25, -0.2) is 0 Å². The van der Waals surface area contributed by atoms with Crippen molar-refractivity contribution in [3.8, 4) is 0 Å². The van der Waals surface area contributed by atoms with Crippen LogP contribution in [0.5, 0.6) is 0 Å². The van der Waals surface area contributed by atoms with Crippen LogP contribution in [0.1, 0.15) is 26.7 Å². The third-order valence-electron chi connectivity index (χ3n) is 4.35. The fourth-order valence-corrected chi connectivity index (χ4v) is 2.95. The normalized spacial score (nSPS) is 32.1. The number of rotatable bonds is 5. The first-order valence-electron chi connectivity index (χ1n) is 7.38. The molecule has 5 nitrogen and oxygen atoms in total. The number of carbonyl (C=O) groups excluding carboxylic acids is 1. The summed E-state index contributed by atoms with van der Waals surface area (Å²) >= 11 is 0. The molecule has 2 aliphatic heterocycles. The highest BCUT2D eigenvalue weighted by Crippen LogP contribution is 2.18. The van der Waals surface area contributed by atoms with E-state index in [2.05, 4.69) is 29.4 Å². The summed E-state index contributed by atoms with van der Waals surface area (Å²) < 4.78 is 5.26. The predicted octanol–water partition coefficient (Wildman–Crippen LogP) is 0.210. The number of nitrogens with one attached hydrogen (secondary N) is 2. The molecule has 19 heavy (non-hydrogen) atoms. The van der Waals surface area contributed by atoms with E-state index < -0.39 is 0 Å². The van der Waals surface area contributed by atoms with Crippen molar-refractivity contribution in [3.63, 3.8) is 0 Å². The summed E-state index contributed by atoms with van der Waals surface area (Å²) in [7, 11) is 1.70. The van der Waals surface area contributed by atoms with Crippen LogP contribution in [0.3, 0.4) is 0 Å². The molecule has 0 radical (unpaired) electrons. The standard InChI is InChI=1S/C14H27N3O2/c1-10(2)17-5-4-11(9-17)7-16-14(18)13-6-12(19-3)8-15-13/h10-13,15H,4-9H2,1-3H3,(H,16,18). The SMILES string of the molecule is COC1CNC(C(=O)NCC2CCN(C(C)C)C2)C1. The molecule has 2 saturated heterocycles. The lowest BCUT2D eigenvalue weighted by Crippen LogP contribution is -2.42. The van der Waals surface area contributed by atoms with E-state index in [1.807, 2.05) is 0 Å². The number of amides is 1. The molecule has 1 amide bonds. The lowest BCUT2D eigenvalue weighted by Gasteiger charge is -2.20. The van der Waals surface area contributed by atoms with Crippen molar-refractivity contribution in [2.24, 2.45) is 5.92 Å². The zero-order valence-electron chi connectivity index (χ0n) is 12.3. The predicted molar refractivity (Wildman–Crippen MR) is 75.0 cm³/mol. The van der Waals surface area contributed by atoms with Gasteiger partial charge in [0.1, 0.15) is 0 Å². The quantitative estimate of drug-likeness (QED) is 0.749. The second kappa shape index (κ2) is 6.68. The average molecular weight is 269 g/mol. The lowest BCUT2D eigenvalue weighted by atomic mass is 10.1. The van der Waals surface area contributed by atoms with Crippen molar-refractivity contribution in [1.82, 2.24) is 15.5 Å². The van der Waals surface area contributed by atoms with Crippen molar-refractivity contribution < 1.29 is 9.53 Å². The van der Waals surface area contributed by atoms with Crippen LogP contribution in [-0.2, 0) is 9.53 Å². The van der Waals surface area contributed by atoms with Gasteiger partial charge in [0.05, 0.1) is 12.1 Å². The Hall–Kier alpha value is -0.650. The van der Waals surface area contributed by atoms with Gasteiger partial charge in [-0.15, -0.1) is 0 Å². The minimum Gasteiger partial charge on any atom is -0.380 e. The average Bonchev–Trinajstić information content (AvgIpc) is 3.04. The number of ether oxygens (including phenoxy) is 1. The zero-order chi connectivity index (χ0) is 13.8. The van der Waals surface area contributed by atoms with Gasteiger partial charge in [0.2, 0.25) is 5.91 Å². The molecule has 3 atom stereocenters. The Labute approximate surface area is 116 Å². The first-order valence-corrected chi connectivity index (χ1v) is 7.38. The van der Waals surface area contributed by atoms with Gasteiger partial charge in [-0.1, -0.05) is 0 Å². The maximum atomic E-state index is 12.0. The van der Waals surface area contributed by atoms with Gasteiger partial charge in [-0.2, -0.15) is 0 Å². The number of hydrogen-bond acceptors (Lipinski definition) is 4. The molecule has 2 heterocycles. The highest BCUT2D eigenvalue weighted by atomic mass is 16.5. The van der Waals surface area contributed by atoms with Crippen molar-refractivity contribution in [2.45, 2.75) is 44.9 Å². The van der Waals surface area contributed by atoms with Gasteiger partial charge >= 0.3 is 0 Å². The summed E-state index contributed by atoms with van der Waals surface area (Å²) in [5.74, 6) is 0.730. The molecule has 0 spiro atoms. The van der Waals surface area contributed by atoms with E-state index in [4.69, 9.17) is 4.74 Å². The molecule has 0 aromatic heterocycles. The first kappa shape index (κ1) is 14.8. The third-order valence-corrected chi connectivity index (χ3v) is 4.35. The summed E-state index contributed by atoms with van der Waals surface area (Å²) in [6.45, 7) is 8.31. The van der Waals surface area contributed by atoms with E-state index in [0.29, 0.717) is 12.0 Å². The van der Waals surface area contributed by atoms with Crippen molar-refractivity contribution >= 4 is 5.91 Å². The summed E-state index contributed by atoms with van der Waals surface area (Å²) in [6, 6.07) is 0.534. The second-order valence-electron chi connectivity index (χ2n) is 6.04. The summed E-state index contributed by atoms with van der Waals surface area (Å²) in [6.07, 6.45) is 2.15. The van der Waals surface area contributed by atoms with Gasteiger partial charge < -0.3 is 20.3 Å². The fourth-order valence-electron chi connectivity index (χ4n) is 2.95. The van der Waals surface area contributed by atoms with Gasteiger partial charge in [-0.05, 0) is 39.2 Å². The number of hydrogen-bond donors (Lipinski definition) is 2. The molecule has 2 rings (SSSR count). The number of methoxy groups -OCH3 is 1. The molecule has 2 N–H and O–H groups in total. The van der Waals surface area contributed by atoms with Crippen molar-refractivity contribution in [1.29, 1.82) is 0 Å². The van der Waals surface area contributed by atoms with E-state index in [1.165, 1.54) is 6.42 Å². The number of carbonyl (C=O) groups is 1. The molecule has 0 bridgehead atoms. The fraction of sp³-hybridized carbons (Fsp3) is 0.929. The molecule has 2 fully saturated rings. The minimum atomic E-state index is -0.0763. The van der Waals surface area contributed by atoms with Crippen LogP contribution in [0.2, 0.25) is 0 Å². The minimum absolute atomic E-state index is 0.0763. The zero-order valence-corrected chi connectivity index (χ0v) is 12.3. The smallest absolute Gasteiger partial charge is 0.237 e. The van der Waals surface area contributed by atoms with Crippen LogP contribution in [0, 0.1) is 5.92 Å². The van der Waals surface area contributed by atoms with Crippen LogP contribution in [-0.4, -0.2) is 62.3 Å². The Morgan fingerprint density at radius 3 is 2.89 bits per heavy atom. The van der Waals surface area contributed by atoms with E-state index in [9.17, 15) is 4.79 Å². The maximum Gasteiger partial charge on any atom is 0.237 e. The molecular weight excluding hydrogens is 242 g/mol. The molecule has 0 aromatic carbocycles. The molecule has 0 saturated carbocycles.